The van der Waals surface area contributed by atoms with Crippen molar-refractivity contribution in [3.63, 3.8) is 0 Å². The second-order valence-electron chi connectivity index (χ2n) is 4.68. The average Bonchev–Trinajstić information content (AvgIpc) is 2.70. The largest absolute Gasteiger partial charge is 0.378 e. The van der Waals surface area contributed by atoms with Crippen LogP contribution in [0.1, 0.15) is 39.4 Å². The highest BCUT2D eigenvalue weighted by atomic mass is 35.5. The lowest BCUT2D eigenvalue weighted by Crippen LogP contribution is -2.26. The van der Waals surface area contributed by atoms with Gasteiger partial charge in [0.15, 0.2) is 0 Å². The summed E-state index contributed by atoms with van der Waals surface area (Å²) in [6, 6.07) is 2.07. The molecule has 1 aliphatic rings. The molecule has 0 fully saturated rings. The highest BCUT2D eigenvalue weighted by Gasteiger charge is 2.15. The Morgan fingerprint density at radius 1 is 1.32 bits per heavy atom. The Morgan fingerprint density at radius 3 is 3.00 bits per heavy atom. The van der Waals surface area contributed by atoms with Gasteiger partial charge in [-0.2, -0.15) is 0 Å². The van der Waals surface area contributed by atoms with E-state index in [-0.39, 0.29) is 5.91 Å². The van der Waals surface area contributed by atoms with Crippen molar-refractivity contribution in [3.05, 3.63) is 21.4 Å². The zero-order valence-corrected chi connectivity index (χ0v) is 12.6. The topological polar surface area (TPSA) is 38.3 Å². The number of hydrogen-bond acceptors (Lipinski definition) is 3. The molecule has 1 N–H and O–H groups in total. The fourth-order valence-corrected chi connectivity index (χ4v) is 3.54. The van der Waals surface area contributed by atoms with Gasteiger partial charge >= 0.3 is 0 Å². The molecule has 0 saturated heterocycles. The minimum atomic E-state index is 0.0209. The summed E-state index contributed by atoms with van der Waals surface area (Å²) < 4.78 is 5.22. The van der Waals surface area contributed by atoms with Crippen LogP contribution in [0.2, 0.25) is 0 Å². The Balaban J connectivity index is 1.82. The van der Waals surface area contributed by atoms with E-state index < -0.39 is 0 Å². The second-order valence-corrected chi connectivity index (χ2v) is 6.19. The van der Waals surface area contributed by atoms with Crippen LogP contribution < -0.4 is 5.32 Å². The molecule has 0 unspecified atom stereocenters. The van der Waals surface area contributed by atoms with Crippen LogP contribution in [-0.2, 0) is 17.6 Å². The molecular weight excluding hydrogens is 282 g/mol. The lowest BCUT2D eigenvalue weighted by molar-refractivity contribution is 0.0927. The highest BCUT2D eigenvalue weighted by molar-refractivity contribution is 7.14. The Bertz CT molecular complexity index is 396. The van der Waals surface area contributed by atoms with Crippen molar-refractivity contribution >= 4 is 28.8 Å². The van der Waals surface area contributed by atoms with Gasteiger partial charge in [-0.3, -0.25) is 4.79 Å². The maximum atomic E-state index is 12.0. The number of carbonyl (C=O) groups excluding carboxylic acids is 1. The molecular formula is C14H20ClNO2S. The third kappa shape index (κ3) is 4.48. The molecule has 1 aromatic rings. The van der Waals surface area contributed by atoms with Crippen molar-refractivity contribution in [1.29, 1.82) is 0 Å². The van der Waals surface area contributed by atoms with Crippen LogP contribution in [0.15, 0.2) is 6.07 Å². The minimum absolute atomic E-state index is 0.0209. The van der Waals surface area contributed by atoms with E-state index in [1.54, 1.807) is 11.3 Å². The number of amides is 1. The van der Waals surface area contributed by atoms with Crippen LogP contribution in [0, 0.1) is 0 Å². The number of carbonyl (C=O) groups is 1. The standard InChI is InChI=1S/C14H20ClNO2S/c15-6-8-18-9-7-16-14(17)13-10-11-4-2-1-3-5-12(11)19-13/h10H,1-9H2,(H,16,17). The van der Waals surface area contributed by atoms with E-state index >= 15 is 0 Å². The number of hydrogen-bond donors (Lipinski definition) is 1. The van der Waals surface area contributed by atoms with Crippen LogP contribution in [0.4, 0.5) is 0 Å². The first kappa shape index (κ1) is 14.8. The van der Waals surface area contributed by atoms with E-state index in [9.17, 15) is 4.79 Å². The van der Waals surface area contributed by atoms with Gasteiger partial charge in [0.05, 0.1) is 18.1 Å². The monoisotopic (exact) mass is 301 g/mol. The zero-order chi connectivity index (χ0) is 13.5. The molecule has 2 rings (SSSR count). The summed E-state index contributed by atoms with van der Waals surface area (Å²) in [5.74, 6) is 0.513. The zero-order valence-electron chi connectivity index (χ0n) is 11.0. The summed E-state index contributed by atoms with van der Waals surface area (Å²) in [5, 5.41) is 2.89. The summed E-state index contributed by atoms with van der Waals surface area (Å²) in [6.45, 7) is 1.59. The molecule has 0 aromatic carbocycles. The van der Waals surface area contributed by atoms with Gasteiger partial charge in [0, 0.05) is 17.3 Å². The lowest BCUT2D eigenvalue weighted by atomic mass is 10.1. The Labute approximate surface area is 123 Å². The minimum Gasteiger partial charge on any atom is -0.378 e. The summed E-state index contributed by atoms with van der Waals surface area (Å²) in [5.41, 5.74) is 1.38. The smallest absolute Gasteiger partial charge is 0.261 e. The van der Waals surface area contributed by atoms with Crippen molar-refractivity contribution in [3.8, 4) is 0 Å². The highest BCUT2D eigenvalue weighted by Crippen LogP contribution is 2.28. The van der Waals surface area contributed by atoms with E-state index in [2.05, 4.69) is 11.4 Å². The van der Waals surface area contributed by atoms with E-state index in [0.717, 1.165) is 17.7 Å². The third-order valence-electron chi connectivity index (χ3n) is 3.22. The van der Waals surface area contributed by atoms with Gasteiger partial charge in [-0.05, 0) is 37.3 Å². The molecule has 1 amide bonds. The van der Waals surface area contributed by atoms with Crippen LogP contribution >= 0.6 is 22.9 Å². The number of halogens is 1. The van der Waals surface area contributed by atoms with Gasteiger partial charge in [0.2, 0.25) is 0 Å². The molecule has 1 aromatic heterocycles. The van der Waals surface area contributed by atoms with Gasteiger partial charge in [0.25, 0.3) is 5.91 Å². The fraction of sp³-hybridized carbons (Fsp3) is 0.643. The summed E-state index contributed by atoms with van der Waals surface area (Å²) in [4.78, 5) is 14.2. The number of rotatable bonds is 6. The second kappa shape index (κ2) is 7.88. The maximum Gasteiger partial charge on any atom is 0.261 e. The molecule has 0 aliphatic heterocycles. The predicted molar refractivity (Wildman–Crippen MR) is 79.5 cm³/mol. The summed E-state index contributed by atoms with van der Waals surface area (Å²) in [7, 11) is 0. The average molecular weight is 302 g/mol. The number of ether oxygens (including phenoxy) is 1. The first-order chi connectivity index (χ1) is 9.31. The molecule has 5 heteroatoms. The molecule has 106 valence electrons. The normalized spacial score (nSPS) is 14.8. The van der Waals surface area contributed by atoms with Crippen LogP contribution in [0.3, 0.4) is 0 Å². The number of fused-ring (bicyclic) bond motifs is 1. The Hall–Kier alpha value is -0.580. The molecule has 0 saturated carbocycles. The van der Waals surface area contributed by atoms with Crippen LogP contribution in [-0.4, -0.2) is 31.5 Å². The molecule has 0 atom stereocenters. The molecule has 0 radical (unpaired) electrons. The van der Waals surface area contributed by atoms with E-state index in [1.807, 2.05) is 0 Å². The van der Waals surface area contributed by atoms with E-state index in [4.69, 9.17) is 16.3 Å². The van der Waals surface area contributed by atoms with Crippen LogP contribution in [0.5, 0.6) is 0 Å². The van der Waals surface area contributed by atoms with Gasteiger partial charge in [-0.1, -0.05) is 6.42 Å². The molecule has 3 nitrogen and oxygen atoms in total. The molecule has 19 heavy (non-hydrogen) atoms. The van der Waals surface area contributed by atoms with Crippen molar-refractivity contribution < 1.29 is 9.53 Å². The molecule has 0 bridgehead atoms. The van der Waals surface area contributed by atoms with Crippen molar-refractivity contribution in [1.82, 2.24) is 5.32 Å². The van der Waals surface area contributed by atoms with Gasteiger partial charge in [-0.15, -0.1) is 22.9 Å². The van der Waals surface area contributed by atoms with Gasteiger partial charge in [0.1, 0.15) is 0 Å². The fourth-order valence-electron chi connectivity index (χ4n) is 2.26. The first-order valence-corrected chi connectivity index (χ1v) is 8.20. The first-order valence-electron chi connectivity index (χ1n) is 6.84. The lowest BCUT2D eigenvalue weighted by Gasteiger charge is -2.03. The van der Waals surface area contributed by atoms with Crippen molar-refractivity contribution in [2.75, 3.05) is 25.6 Å². The summed E-state index contributed by atoms with van der Waals surface area (Å²) in [6.07, 6.45) is 6.06. The van der Waals surface area contributed by atoms with Gasteiger partial charge < -0.3 is 10.1 Å². The van der Waals surface area contributed by atoms with Gasteiger partial charge in [-0.25, -0.2) is 0 Å². The summed E-state index contributed by atoms with van der Waals surface area (Å²) >= 11 is 7.15. The maximum absolute atomic E-state index is 12.0. The van der Waals surface area contributed by atoms with E-state index in [1.165, 1.54) is 29.7 Å². The quantitative estimate of drug-likeness (QED) is 0.498. The molecule has 0 spiro atoms. The van der Waals surface area contributed by atoms with Crippen molar-refractivity contribution in [2.24, 2.45) is 0 Å². The van der Waals surface area contributed by atoms with E-state index in [0.29, 0.717) is 25.6 Å². The number of alkyl halides is 1. The Morgan fingerprint density at radius 2 is 2.16 bits per heavy atom. The number of thiophene rings is 1. The predicted octanol–water partition coefficient (Wildman–Crippen LogP) is 3.00. The third-order valence-corrected chi connectivity index (χ3v) is 4.61. The number of nitrogens with one attached hydrogen (secondary N) is 1. The van der Waals surface area contributed by atoms with Crippen LogP contribution in [0.25, 0.3) is 0 Å². The SMILES string of the molecule is O=C(NCCOCCCl)c1cc2c(s1)CCCCC2. The van der Waals surface area contributed by atoms with Crippen molar-refractivity contribution in [2.45, 2.75) is 32.1 Å². The Kier molecular flexibility index (Phi) is 6.14. The number of aryl methyl sites for hydroxylation is 2. The molecule has 1 aliphatic carbocycles. The molecule has 1 heterocycles.